The molecule has 0 aromatic carbocycles. The molecule has 0 radical (unpaired) electrons. The van der Waals surface area contributed by atoms with Crippen molar-refractivity contribution in [2.24, 2.45) is 0 Å². The van der Waals surface area contributed by atoms with E-state index in [4.69, 9.17) is 14.2 Å². The number of esters is 3. The van der Waals surface area contributed by atoms with Crippen LogP contribution in [0, 0.1) is 0 Å². The molecule has 0 saturated heterocycles. The van der Waals surface area contributed by atoms with Gasteiger partial charge in [0.2, 0.25) is 0 Å². The van der Waals surface area contributed by atoms with E-state index in [2.05, 4.69) is 93.7 Å². The predicted molar refractivity (Wildman–Crippen MR) is 256 cm³/mol. The zero-order valence-corrected chi connectivity index (χ0v) is 39.2. The summed E-state index contributed by atoms with van der Waals surface area (Å²) < 4.78 is 16.7. The Morgan fingerprint density at radius 3 is 1.17 bits per heavy atom. The second-order valence-electron chi connectivity index (χ2n) is 16.4. The lowest BCUT2D eigenvalue weighted by molar-refractivity contribution is -0.167. The second-order valence-corrected chi connectivity index (χ2v) is 16.4. The van der Waals surface area contributed by atoms with Crippen LogP contribution in [0.3, 0.4) is 0 Å². The summed E-state index contributed by atoms with van der Waals surface area (Å²) in [5.41, 5.74) is 0. The highest BCUT2D eigenvalue weighted by Crippen LogP contribution is 2.13. The average Bonchev–Trinajstić information content (AvgIpc) is 3.24. The minimum Gasteiger partial charge on any atom is -0.462 e. The van der Waals surface area contributed by atoms with E-state index in [9.17, 15) is 14.4 Å². The van der Waals surface area contributed by atoms with Crippen molar-refractivity contribution < 1.29 is 28.6 Å². The summed E-state index contributed by atoms with van der Waals surface area (Å²) >= 11 is 0. The van der Waals surface area contributed by atoms with Gasteiger partial charge >= 0.3 is 17.9 Å². The maximum Gasteiger partial charge on any atom is 0.306 e. The summed E-state index contributed by atoms with van der Waals surface area (Å²) in [4.78, 5) is 37.8. The Morgan fingerprint density at radius 1 is 0.367 bits per heavy atom. The Bertz CT molecular complexity index is 1140. The van der Waals surface area contributed by atoms with E-state index in [0.717, 1.165) is 103 Å². The summed E-state index contributed by atoms with van der Waals surface area (Å²) in [5, 5.41) is 0. The molecule has 0 aliphatic carbocycles. The van der Waals surface area contributed by atoms with Crippen LogP contribution >= 0.6 is 0 Å². The summed E-state index contributed by atoms with van der Waals surface area (Å²) in [6.07, 6.45) is 60.4. The molecule has 0 aliphatic rings. The second kappa shape index (κ2) is 48.5. The molecule has 6 nitrogen and oxygen atoms in total. The molecule has 1 atom stereocenters. The molecule has 0 spiro atoms. The lowest BCUT2D eigenvalue weighted by Gasteiger charge is -2.18. The average molecular weight is 837 g/mol. The standard InChI is InChI=1S/C54H92O6/c1-4-7-10-13-16-19-21-23-25-26-27-29-30-32-35-38-41-44-47-53(56)59-50-51(49-58-52(55)46-43-40-37-34-18-15-12-9-6-3)60-54(57)48-45-42-39-36-33-31-28-24-22-20-17-14-11-8-5-2/h9,12,17-18,20,22,24-27,29,34,51H,4-8,10-11,13-16,19,21,23,28,30-33,35-50H2,1-3H3/b12-9-,20-17-,24-22-,26-25-,29-27-,34-18-. The molecule has 0 fully saturated rings. The van der Waals surface area contributed by atoms with E-state index in [-0.39, 0.29) is 31.1 Å². The Balaban J connectivity index is 4.39. The maximum absolute atomic E-state index is 12.8. The minimum absolute atomic E-state index is 0.0992. The third-order valence-electron chi connectivity index (χ3n) is 10.5. The van der Waals surface area contributed by atoms with Crippen LogP contribution in [-0.2, 0) is 28.6 Å². The third-order valence-corrected chi connectivity index (χ3v) is 10.5. The normalized spacial score (nSPS) is 12.7. The number of rotatable bonds is 44. The molecule has 0 heterocycles. The first-order valence-corrected chi connectivity index (χ1v) is 25.0. The first kappa shape index (κ1) is 56.9. The minimum atomic E-state index is -0.799. The molecule has 0 aromatic heterocycles. The first-order valence-electron chi connectivity index (χ1n) is 25.0. The van der Waals surface area contributed by atoms with Crippen LogP contribution in [0.5, 0.6) is 0 Å². The Kier molecular flexibility index (Phi) is 46.0. The van der Waals surface area contributed by atoms with E-state index in [1.165, 1.54) is 89.9 Å². The van der Waals surface area contributed by atoms with Gasteiger partial charge in [-0.2, -0.15) is 0 Å². The molecular formula is C54H92O6. The smallest absolute Gasteiger partial charge is 0.306 e. The molecule has 0 rings (SSSR count). The van der Waals surface area contributed by atoms with Gasteiger partial charge in [-0.3, -0.25) is 14.4 Å². The zero-order chi connectivity index (χ0) is 43.7. The van der Waals surface area contributed by atoms with Crippen molar-refractivity contribution in [3.63, 3.8) is 0 Å². The molecule has 0 saturated carbocycles. The highest BCUT2D eigenvalue weighted by Gasteiger charge is 2.19. The van der Waals surface area contributed by atoms with Gasteiger partial charge < -0.3 is 14.2 Å². The number of carbonyl (C=O) groups excluding carboxylic acids is 3. The summed E-state index contributed by atoms with van der Waals surface area (Å²) in [7, 11) is 0. The number of ether oxygens (including phenoxy) is 3. The summed E-state index contributed by atoms with van der Waals surface area (Å²) in [6.45, 7) is 6.42. The quantitative estimate of drug-likeness (QED) is 0.0200. The fraction of sp³-hybridized carbons (Fsp3) is 0.722. The first-order chi connectivity index (χ1) is 29.5. The van der Waals surface area contributed by atoms with Crippen LogP contribution in [0.2, 0.25) is 0 Å². The van der Waals surface area contributed by atoms with E-state index in [1.54, 1.807) is 0 Å². The number of carbonyl (C=O) groups is 3. The summed E-state index contributed by atoms with van der Waals surface area (Å²) in [6, 6.07) is 0. The Labute approximate surface area is 370 Å². The van der Waals surface area contributed by atoms with Gasteiger partial charge in [0.25, 0.3) is 0 Å². The number of hydrogen-bond donors (Lipinski definition) is 0. The van der Waals surface area contributed by atoms with Crippen molar-refractivity contribution in [2.75, 3.05) is 13.2 Å². The van der Waals surface area contributed by atoms with Crippen LogP contribution < -0.4 is 0 Å². The lowest BCUT2D eigenvalue weighted by atomic mass is 10.1. The van der Waals surface area contributed by atoms with Crippen LogP contribution in [0.1, 0.15) is 233 Å². The van der Waals surface area contributed by atoms with Crippen molar-refractivity contribution >= 4 is 17.9 Å². The molecule has 0 aliphatic heterocycles. The Hall–Kier alpha value is -3.15. The van der Waals surface area contributed by atoms with Gasteiger partial charge in [0.1, 0.15) is 13.2 Å². The van der Waals surface area contributed by atoms with Gasteiger partial charge in [-0.05, 0) is 96.3 Å². The monoisotopic (exact) mass is 837 g/mol. The van der Waals surface area contributed by atoms with Crippen LogP contribution in [0.4, 0.5) is 0 Å². The van der Waals surface area contributed by atoms with Crippen LogP contribution in [0.25, 0.3) is 0 Å². The fourth-order valence-electron chi connectivity index (χ4n) is 6.70. The van der Waals surface area contributed by atoms with E-state index >= 15 is 0 Å². The fourth-order valence-corrected chi connectivity index (χ4v) is 6.70. The van der Waals surface area contributed by atoms with E-state index < -0.39 is 6.10 Å². The van der Waals surface area contributed by atoms with Gasteiger partial charge in [0.15, 0.2) is 6.10 Å². The molecule has 60 heavy (non-hydrogen) atoms. The number of hydrogen-bond acceptors (Lipinski definition) is 6. The highest BCUT2D eigenvalue weighted by molar-refractivity contribution is 5.71. The lowest BCUT2D eigenvalue weighted by Crippen LogP contribution is -2.30. The van der Waals surface area contributed by atoms with Gasteiger partial charge in [-0.15, -0.1) is 0 Å². The van der Waals surface area contributed by atoms with E-state index in [0.29, 0.717) is 19.3 Å². The van der Waals surface area contributed by atoms with Crippen molar-refractivity contribution in [3.05, 3.63) is 72.9 Å². The highest BCUT2D eigenvalue weighted by atomic mass is 16.6. The van der Waals surface area contributed by atoms with Gasteiger partial charge in [0, 0.05) is 19.3 Å². The Morgan fingerprint density at radius 2 is 0.700 bits per heavy atom. The SMILES string of the molecule is CC/C=C\C/C=C\CCCCC(=O)OCC(COC(=O)CCCCCCC/C=C\C=C/CCCCCCCCC)OC(=O)CCCCCCCC/C=C\C=C/CCCCC. The molecule has 6 heteroatoms. The van der Waals surface area contributed by atoms with Crippen LogP contribution in [-0.4, -0.2) is 37.2 Å². The van der Waals surface area contributed by atoms with Crippen molar-refractivity contribution in [3.8, 4) is 0 Å². The van der Waals surface area contributed by atoms with Crippen molar-refractivity contribution in [1.29, 1.82) is 0 Å². The number of unbranched alkanes of at least 4 members (excludes halogenated alkanes) is 23. The predicted octanol–water partition coefficient (Wildman–Crippen LogP) is 16.3. The van der Waals surface area contributed by atoms with Gasteiger partial charge in [0.05, 0.1) is 0 Å². The maximum atomic E-state index is 12.8. The van der Waals surface area contributed by atoms with Crippen LogP contribution in [0.15, 0.2) is 72.9 Å². The van der Waals surface area contributed by atoms with Crippen molar-refractivity contribution in [1.82, 2.24) is 0 Å². The third kappa shape index (κ3) is 45.9. The molecule has 0 amide bonds. The summed E-state index contributed by atoms with van der Waals surface area (Å²) in [5.74, 6) is -0.964. The zero-order valence-electron chi connectivity index (χ0n) is 39.2. The van der Waals surface area contributed by atoms with Gasteiger partial charge in [-0.25, -0.2) is 0 Å². The molecule has 344 valence electrons. The van der Waals surface area contributed by atoms with Crippen molar-refractivity contribution in [2.45, 2.75) is 239 Å². The topological polar surface area (TPSA) is 78.9 Å². The van der Waals surface area contributed by atoms with E-state index in [1.807, 2.05) is 0 Å². The molecule has 1 unspecified atom stereocenters. The molecule has 0 bridgehead atoms. The molecule has 0 aromatic rings. The largest absolute Gasteiger partial charge is 0.462 e. The molecule has 0 N–H and O–H groups in total. The van der Waals surface area contributed by atoms with Gasteiger partial charge in [-0.1, -0.05) is 190 Å². The molecular weight excluding hydrogens is 745 g/mol. The number of allylic oxidation sites excluding steroid dienone is 12.